The van der Waals surface area contributed by atoms with Crippen molar-refractivity contribution in [1.29, 1.82) is 0 Å². The van der Waals surface area contributed by atoms with Gasteiger partial charge in [0.2, 0.25) is 5.91 Å². The van der Waals surface area contributed by atoms with Gasteiger partial charge >= 0.3 is 0 Å². The van der Waals surface area contributed by atoms with E-state index < -0.39 is 0 Å². The van der Waals surface area contributed by atoms with E-state index in [-0.39, 0.29) is 11.9 Å². The summed E-state index contributed by atoms with van der Waals surface area (Å²) in [7, 11) is 2.15. The molecule has 1 N–H and O–H groups in total. The van der Waals surface area contributed by atoms with Crippen LogP contribution in [0, 0.1) is 0 Å². The molecule has 1 aliphatic heterocycles. The molecule has 1 aliphatic carbocycles. The molecule has 29 heavy (non-hydrogen) atoms. The van der Waals surface area contributed by atoms with Gasteiger partial charge in [0.25, 0.3) is 0 Å². The Labute approximate surface area is 172 Å². The predicted molar refractivity (Wildman–Crippen MR) is 111 cm³/mol. The number of nitrogens with one attached hydrogen (secondary N) is 1. The van der Waals surface area contributed by atoms with Gasteiger partial charge in [-0.15, -0.1) is 0 Å². The van der Waals surface area contributed by atoms with E-state index in [1.807, 2.05) is 12.3 Å². The van der Waals surface area contributed by atoms with Crippen molar-refractivity contribution < 1.29 is 4.79 Å². The molecule has 2 aliphatic rings. The Kier molecular flexibility index (Phi) is 6.51. The van der Waals surface area contributed by atoms with Gasteiger partial charge in [-0.05, 0) is 58.3 Å². The minimum Gasteiger partial charge on any atom is -0.352 e. The molecule has 0 aromatic carbocycles. The van der Waals surface area contributed by atoms with Crippen molar-refractivity contribution in [3.05, 3.63) is 31.0 Å². The van der Waals surface area contributed by atoms with Crippen molar-refractivity contribution >= 4 is 5.91 Å². The van der Waals surface area contributed by atoms with Crippen molar-refractivity contribution in [3.8, 4) is 11.3 Å². The molecular weight excluding hydrogens is 366 g/mol. The molecule has 1 saturated carbocycles. The quantitative estimate of drug-likeness (QED) is 0.825. The maximum atomic E-state index is 12.5. The molecule has 0 unspecified atom stereocenters. The molecule has 2 aromatic rings. The van der Waals surface area contributed by atoms with E-state index in [1.54, 1.807) is 12.5 Å². The minimum atomic E-state index is 0.170. The number of nitrogens with zero attached hydrogens (tertiary/aromatic N) is 6. The van der Waals surface area contributed by atoms with Crippen LogP contribution in [0.15, 0.2) is 31.0 Å². The Morgan fingerprint density at radius 3 is 2.83 bits per heavy atom. The molecule has 0 bridgehead atoms. The van der Waals surface area contributed by atoms with Crippen molar-refractivity contribution in [2.24, 2.45) is 0 Å². The standard InChI is InChI=1S/C21H31N7O/c1-26-9-2-10-27(12-11-26)15-21(29)25-18-3-5-19(6-4-18)28-14-17(13-24-28)20-7-8-22-16-23-20/h7-8,13-14,16,18-19H,2-6,9-12,15H2,1H3,(H,25,29). The first-order chi connectivity index (χ1) is 14.2. The van der Waals surface area contributed by atoms with Gasteiger partial charge < -0.3 is 10.2 Å². The first-order valence-corrected chi connectivity index (χ1v) is 10.7. The molecule has 156 valence electrons. The fraction of sp³-hybridized carbons (Fsp3) is 0.619. The molecule has 0 atom stereocenters. The molecular formula is C21H31N7O. The van der Waals surface area contributed by atoms with Crippen LogP contribution < -0.4 is 5.32 Å². The molecule has 1 saturated heterocycles. The normalized spacial score (nSPS) is 24.2. The van der Waals surface area contributed by atoms with Gasteiger partial charge in [0.05, 0.1) is 24.5 Å². The van der Waals surface area contributed by atoms with Gasteiger partial charge in [-0.25, -0.2) is 9.97 Å². The van der Waals surface area contributed by atoms with Crippen molar-refractivity contribution in [3.63, 3.8) is 0 Å². The fourth-order valence-electron chi connectivity index (χ4n) is 4.35. The van der Waals surface area contributed by atoms with E-state index >= 15 is 0 Å². The molecule has 3 heterocycles. The second-order valence-electron chi connectivity index (χ2n) is 8.31. The lowest BCUT2D eigenvalue weighted by molar-refractivity contribution is -0.123. The second kappa shape index (κ2) is 9.45. The predicted octanol–water partition coefficient (Wildman–Crippen LogP) is 1.58. The highest BCUT2D eigenvalue weighted by atomic mass is 16.2. The van der Waals surface area contributed by atoms with Gasteiger partial charge in [0.1, 0.15) is 6.33 Å². The summed E-state index contributed by atoms with van der Waals surface area (Å²) in [5, 5.41) is 7.81. The van der Waals surface area contributed by atoms with Crippen molar-refractivity contribution in [2.45, 2.75) is 44.2 Å². The number of hydrogen-bond acceptors (Lipinski definition) is 6. The topological polar surface area (TPSA) is 79.2 Å². The van der Waals surface area contributed by atoms with Crippen LogP contribution in [-0.2, 0) is 4.79 Å². The lowest BCUT2D eigenvalue weighted by Crippen LogP contribution is -2.44. The molecule has 8 heteroatoms. The second-order valence-corrected chi connectivity index (χ2v) is 8.31. The minimum absolute atomic E-state index is 0.170. The molecule has 2 aromatic heterocycles. The summed E-state index contributed by atoms with van der Waals surface area (Å²) < 4.78 is 2.06. The van der Waals surface area contributed by atoms with Crippen molar-refractivity contribution in [2.75, 3.05) is 39.8 Å². The van der Waals surface area contributed by atoms with Gasteiger partial charge in [-0.3, -0.25) is 14.4 Å². The molecule has 4 rings (SSSR count). The highest BCUT2D eigenvalue weighted by molar-refractivity contribution is 5.78. The number of likely N-dealkylation sites (N-methyl/N-ethyl adjacent to an activating group) is 1. The Hall–Kier alpha value is -2.32. The van der Waals surface area contributed by atoms with Crippen LogP contribution in [0.2, 0.25) is 0 Å². The third-order valence-corrected chi connectivity index (χ3v) is 6.09. The van der Waals surface area contributed by atoms with Gasteiger partial charge in [0, 0.05) is 37.1 Å². The summed E-state index contributed by atoms with van der Waals surface area (Å²) in [6.07, 6.45) is 12.5. The highest BCUT2D eigenvalue weighted by Crippen LogP contribution is 2.29. The molecule has 2 fully saturated rings. The van der Waals surface area contributed by atoms with E-state index in [0.717, 1.165) is 69.5 Å². The third-order valence-electron chi connectivity index (χ3n) is 6.09. The summed E-state index contributed by atoms with van der Waals surface area (Å²) in [5.41, 5.74) is 1.91. The first-order valence-electron chi connectivity index (χ1n) is 10.7. The van der Waals surface area contributed by atoms with Gasteiger partial charge in [0.15, 0.2) is 0 Å². The maximum absolute atomic E-state index is 12.5. The molecule has 8 nitrogen and oxygen atoms in total. The monoisotopic (exact) mass is 397 g/mol. The van der Waals surface area contributed by atoms with Crippen LogP contribution in [0.3, 0.4) is 0 Å². The average molecular weight is 398 g/mol. The summed E-state index contributed by atoms with van der Waals surface area (Å²) >= 11 is 0. The number of rotatable bonds is 5. The SMILES string of the molecule is CN1CCCN(CC(=O)NC2CCC(n3cc(-c4ccncn4)cn3)CC2)CC1. The summed E-state index contributed by atoms with van der Waals surface area (Å²) in [4.78, 5) is 25.4. The maximum Gasteiger partial charge on any atom is 0.234 e. The van der Waals surface area contributed by atoms with Crippen LogP contribution in [-0.4, -0.2) is 81.3 Å². The molecule has 0 radical (unpaired) electrons. The van der Waals surface area contributed by atoms with E-state index in [1.165, 1.54) is 0 Å². The van der Waals surface area contributed by atoms with Crippen LogP contribution in [0.1, 0.15) is 38.1 Å². The lowest BCUT2D eigenvalue weighted by Gasteiger charge is -2.30. The Morgan fingerprint density at radius 1 is 1.17 bits per heavy atom. The van der Waals surface area contributed by atoms with Gasteiger partial charge in [-0.2, -0.15) is 5.10 Å². The number of amides is 1. The largest absolute Gasteiger partial charge is 0.352 e. The molecule has 0 spiro atoms. The average Bonchev–Trinajstić information content (AvgIpc) is 3.14. The number of hydrogen-bond donors (Lipinski definition) is 1. The van der Waals surface area contributed by atoms with Crippen molar-refractivity contribution in [1.82, 2.24) is 34.9 Å². The summed E-state index contributed by atoms with van der Waals surface area (Å²) in [5.74, 6) is 0.170. The number of carbonyl (C=O) groups excluding carboxylic acids is 1. The zero-order valence-electron chi connectivity index (χ0n) is 17.2. The van der Waals surface area contributed by atoms with Crippen LogP contribution in [0.4, 0.5) is 0 Å². The van der Waals surface area contributed by atoms with E-state index in [4.69, 9.17) is 0 Å². The number of carbonyl (C=O) groups is 1. The third kappa shape index (κ3) is 5.39. The number of aromatic nitrogens is 4. The van der Waals surface area contributed by atoms with E-state index in [9.17, 15) is 4.79 Å². The summed E-state index contributed by atoms with van der Waals surface area (Å²) in [6, 6.07) is 2.57. The zero-order valence-corrected chi connectivity index (χ0v) is 17.2. The first kappa shape index (κ1) is 20.0. The molecule has 1 amide bonds. The van der Waals surface area contributed by atoms with Crippen LogP contribution >= 0.6 is 0 Å². The fourth-order valence-corrected chi connectivity index (χ4v) is 4.35. The Bertz CT molecular complexity index is 785. The highest BCUT2D eigenvalue weighted by Gasteiger charge is 2.25. The van der Waals surface area contributed by atoms with Crippen LogP contribution in [0.5, 0.6) is 0 Å². The van der Waals surface area contributed by atoms with Crippen LogP contribution in [0.25, 0.3) is 11.3 Å². The Morgan fingerprint density at radius 2 is 2.03 bits per heavy atom. The van der Waals surface area contributed by atoms with Gasteiger partial charge in [-0.1, -0.05) is 0 Å². The lowest BCUT2D eigenvalue weighted by atomic mass is 9.91. The zero-order chi connectivity index (χ0) is 20.1. The van der Waals surface area contributed by atoms with E-state index in [2.05, 4.69) is 48.1 Å². The Balaban J connectivity index is 1.23. The smallest absolute Gasteiger partial charge is 0.234 e. The van der Waals surface area contributed by atoms with E-state index in [0.29, 0.717) is 12.6 Å². The summed E-state index contributed by atoms with van der Waals surface area (Å²) in [6.45, 7) is 4.67.